The highest BCUT2D eigenvalue weighted by Crippen LogP contribution is 2.64. The van der Waals surface area contributed by atoms with Gasteiger partial charge in [0.15, 0.2) is 0 Å². The molecule has 2 N–H and O–H groups in total. The number of hydrogen-bond acceptors (Lipinski definition) is 5. The first-order chi connectivity index (χ1) is 22.9. The Hall–Kier alpha value is -3.74. The van der Waals surface area contributed by atoms with Crippen molar-refractivity contribution in [2.45, 2.75) is 59.3 Å². The quantitative estimate of drug-likeness (QED) is 0.182. The number of rotatable bonds is 4. The zero-order chi connectivity index (χ0) is 33.3. The van der Waals surface area contributed by atoms with E-state index >= 15 is 0 Å². The van der Waals surface area contributed by atoms with Gasteiger partial charge in [-0.2, -0.15) is 0 Å². The second-order valence-corrected chi connectivity index (χ2v) is 18.8. The monoisotopic (exact) mass is 695 g/mol. The van der Waals surface area contributed by atoms with Gasteiger partial charge in [-0.1, -0.05) is 69.7 Å². The zero-order valence-electron chi connectivity index (χ0n) is 28.3. The molecule has 4 aromatic heterocycles. The molecule has 1 nitrogen and oxygen atoms in total. The van der Waals surface area contributed by atoms with Crippen LogP contribution >= 0.6 is 45.3 Å². The molecule has 4 heterocycles. The van der Waals surface area contributed by atoms with Gasteiger partial charge in [-0.05, 0) is 125 Å². The van der Waals surface area contributed by atoms with Gasteiger partial charge < -0.3 is 5.73 Å². The molecule has 238 valence electrons. The molecule has 5 heteroatoms. The number of thiophene rings is 4. The lowest BCUT2D eigenvalue weighted by Gasteiger charge is -2.29. The van der Waals surface area contributed by atoms with Gasteiger partial charge in [-0.3, -0.25) is 0 Å². The number of hydrogen-bond donors (Lipinski definition) is 1. The van der Waals surface area contributed by atoms with E-state index < -0.39 is 0 Å². The fourth-order valence-corrected chi connectivity index (χ4v) is 13.4. The highest BCUT2D eigenvalue weighted by Gasteiger charge is 2.47. The van der Waals surface area contributed by atoms with E-state index in [0.29, 0.717) is 0 Å². The second-order valence-electron chi connectivity index (χ2n) is 14.5. The van der Waals surface area contributed by atoms with Crippen molar-refractivity contribution < 1.29 is 0 Å². The van der Waals surface area contributed by atoms with Crippen LogP contribution in [0.4, 0.5) is 5.69 Å². The topological polar surface area (TPSA) is 26.0 Å². The minimum Gasteiger partial charge on any atom is -0.399 e. The molecule has 2 aliphatic carbocycles. The number of nitrogen functional groups attached to an aromatic ring is 1. The minimum atomic E-state index is -0.0655. The van der Waals surface area contributed by atoms with Crippen LogP contribution in [0.3, 0.4) is 0 Å². The summed E-state index contributed by atoms with van der Waals surface area (Å²) in [6.45, 7) is 16.7. The van der Waals surface area contributed by atoms with E-state index in [1.807, 2.05) is 57.5 Å². The molecule has 0 unspecified atom stereocenters. The van der Waals surface area contributed by atoms with E-state index in [2.05, 4.69) is 121 Å². The maximum absolute atomic E-state index is 5.96. The molecule has 0 radical (unpaired) electrons. The third-order valence-electron chi connectivity index (χ3n) is 10.7. The number of aryl methyl sites for hydroxylation is 1. The van der Waals surface area contributed by atoms with Gasteiger partial charge in [-0.25, -0.2) is 0 Å². The highest BCUT2D eigenvalue weighted by molar-refractivity contribution is 7.26. The van der Waals surface area contributed by atoms with Gasteiger partial charge in [0.25, 0.3) is 0 Å². The molecule has 9 rings (SSSR count). The van der Waals surface area contributed by atoms with Crippen molar-refractivity contribution in [3.63, 3.8) is 0 Å². The maximum atomic E-state index is 5.96. The summed E-state index contributed by atoms with van der Waals surface area (Å²) in [6, 6.07) is 31.3. The predicted octanol–water partition coefficient (Wildman–Crippen LogP) is 13.7. The molecule has 0 fully saturated rings. The summed E-state index contributed by atoms with van der Waals surface area (Å²) in [7, 11) is 0. The third-order valence-corrected chi connectivity index (χ3v) is 15.7. The summed E-state index contributed by atoms with van der Waals surface area (Å²) in [6.07, 6.45) is 0. The summed E-state index contributed by atoms with van der Waals surface area (Å²) in [5.74, 6) is 0. The summed E-state index contributed by atoms with van der Waals surface area (Å²) in [5, 5.41) is 0. The van der Waals surface area contributed by atoms with Gasteiger partial charge in [-0.15, -0.1) is 45.3 Å². The Labute approximate surface area is 299 Å². The van der Waals surface area contributed by atoms with Crippen LogP contribution in [-0.2, 0) is 10.8 Å². The maximum Gasteiger partial charge on any atom is 0.0452 e. The largest absolute Gasteiger partial charge is 0.399 e. The molecule has 0 spiro atoms. The molecule has 0 aliphatic heterocycles. The van der Waals surface area contributed by atoms with Gasteiger partial charge in [0, 0.05) is 55.5 Å². The fraction of sp³-hybridized carbons (Fsp3) is 0.209. The molecule has 3 aromatic carbocycles. The van der Waals surface area contributed by atoms with Crippen molar-refractivity contribution in [2.24, 2.45) is 0 Å². The standard InChI is InChI=1S/C43H37NS4/c1-22-8-10-25(11-9-22)30-16-18-32(45-30)34-20-28-40(47-34)36-23(2)39-37(24(3)38(36)42(28,4)5)41-29(43(39,6)7)21-35(48-41)33-19-17-31(46-33)26-12-14-27(44)15-13-26/h8-21H,44H2,1-7H3. The van der Waals surface area contributed by atoms with Crippen molar-refractivity contribution in [3.8, 4) is 61.3 Å². The van der Waals surface area contributed by atoms with Crippen molar-refractivity contribution in [2.75, 3.05) is 5.73 Å². The molecule has 2 aliphatic rings. The Kier molecular flexibility index (Phi) is 6.56. The van der Waals surface area contributed by atoms with Crippen molar-refractivity contribution in [3.05, 3.63) is 124 Å². The average Bonchev–Trinajstić information content (AvgIpc) is 3.89. The van der Waals surface area contributed by atoms with E-state index in [1.54, 1.807) is 0 Å². The fourth-order valence-electron chi connectivity index (χ4n) is 8.34. The lowest BCUT2D eigenvalue weighted by Crippen LogP contribution is -2.20. The molecule has 0 bridgehead atoms. The third kappa shape index (κ3) is 4.24. The molecular formula is C43H37NS4. The first-order valence-corrected chi connectivity index (χ1v) is 19.8. The molecule has 48 heavy (non-hydrogen) atoms. The van der Waals surface area contributed by atoms with Crippen LogP contribution in [-0.4, -0.2) is 0 Å². The van der Waals surface area contributed by atoms with E-state index in [9.17, 15) is 0 Å². The summed E-state index contributed by atoms with van der Waals surface area (Å²) >= 11 is 7.76. The minimum absolute atomic E-state index is 0.0605. The second kappa shape index (κ2) is 10.4. The molecular weight excluding hydrogens is 659 g/mol. The van der Waals surface area contributed by atoms with Crippen LogP contribution in [0, 0.1) is 20.8 Å². The molecule has 0 saturated carbocycles. The number of fused-ring (bicyclic) bond motifs is 6. The van der Waals surface area contributed by atoms with Crippen LogP contribution in [0.2, 0.25) is 0 Å². The first kappa shape index (κ1) is 30.3. The summed E-state index contributed by atoms with van der Waals surface area (Å²) < 4.78 is 0. The molecule has 0 saturated heterocycles. The van der Waals surface area contributed by atoms with Gasteiger partial charge in [0.05, 0.1) is 0 Å². The van der Waals surface area contributed by atoms with E-state index in [4.69, 9.17) is 5.73 Å². The van der Waals surface area contributed by atoms with E-state index in [0.717, 1.165) is 5.69 Å². The average molecular weight is 696 g/mol. The normalized spacial score (nSPS) is 15.0. The van der Waals surface area contributed by atoms with E-state index in [-0.39, 0.29) is 10.8 Å². The summed E-state index contributed by atoms with van der Waals surface area (Å²) in [4.78, 5) is 11.0. The smallest absolute Gasteiger partial charge is 0.0452 e. The number of benzene rings is 3. The van der Waals surface area contributed by atoms with Crippen LogP contribution in [0.1, 0.15) is 66.6 Å². The molecule has 7 aromatic rings. The van der Waals surface area contributed by atoms with Crippen LogP contribution in [0.25, 0.3) is 61.3 Å². The highest BCUT2D eigenvalue weighted by atomic mass is 32.1. The lowest BCUT2D eigenvalue weighted by atomic mass is 9.74. The Morgan fingerprint density at radius 3 is 1.29 bits per heavy atom. The summed E-state index contributed by atoms with van der Waals surface area (Å²) in [5.41, 5.74) is 22.4. The van der Waals surface area contributed by atoms with Gasteiger partial charge >= 0.3 is 0 Å². The van der Waals surface area contributed by atoms with Gasteiger partial charge in [0.1, 0.15) is 0 Å². The Balaban J connectivity index is 1.14. The predicted molar refractivity (Wildman–Crippen MR) is 213 cm³/mol. The first-order valence-electron chi connectivity index (χ1n) is 16.5. The van der Waals surface area contributed by atoms with E-state index in [1.165, 1.54) is 100 Å². The SMILES string of the molecule is Cc1ccc(-c2ccc(-c3cc4c(s3)-c3c(C)c5c(c(C)c3C4(C)C)-c3sc(-c4ccc(-c6ccc(N)cc6)s4)cc3C5(C)C)s2)cc1. The Morgan fingerprint density at radius 2 is 0.854 bits per heavy atom. The zero-order valence-corrected chi connectivity index (χ0v) is 31.6. The lowest BCUT2D eigenvalue weighted by molar-refractivity contribution is 0.646. The van der Waals surface area contributed by atoms with Crippen molar-refractivity contribution >= 4 is 51.0 Å². The molecule has 0 atom stereocenters. The van der Waals surface area contributed by atoms with Gasteiger partial charge in [0.2, 0.25) is 0 Å². The van der Waals surface area contributed by atoms with Crippen LogP contribution in [0.15, 0.2) is 84.9 Å². The van der Waals surface area contributed by atoms with Crippen molar-refractivity contribution in [1.29, 1.82) is 0 Å². The van der Waals surface area contributed by atoms with Crippen LogP contribution < -0.4 is 5.73 Å². The van der Waals surface area contributed by atoms with Crippen LogP contribution in [0.5, 0.6) is 0 Å². The van der Waals surface area contributed by atoms with Crippen molar-refractivity contribution in [1.82, 2.24) is 0 Å². The number of nitrogens with two attached hydrogens (primary N) is 1. The Bertz CT molecular complexity index is 2250. The Morgan fingerprint density at radius 1 is 0.458 bits per heavy atom. The molecule has 0 amide bonds. The number of anilines is 1.